The largest absolute Gasteiger partial charge is 0.298 e. The fraction of sp³-hybridized carbons (Fsp3) is 0.429. The van der Waals surface area contributed by atoms with E-state index in [2.05, 4.69) is 5.10 Å². The Morgan fingerprint density at radius 2 is 1.96 bits per heavy atom. The van der Waals surface area contributed by atoms with Gasteiger partial charge in [-0.1, -0.05) is 11.6 Å². The second-order valence-electron chi connectivity index (χ2n) is 7.38. The van der Waals surface area contributed by atoms with E-state index in [9.17, 15) is 14.4 Å². The van der Waals surface area contributed by atoms with Crippen molar-refractivity contribution in [2.24, 2.45) is 5.92 Å². The SMILES string of the molecule is CCn1nc2c(c1Cl)CSc1c(C)cc(C(=O)C3C(=O)CCCC3=O)c(C)c1-2. The normalized spacial score (nSPS) is 16.9. The molecule has 28 heavy (non-hydrogen) atoms. The molecule has 4 rings (SSSR count). The average molecular weight is 417 g/mol. The first-order valence-corrected chi connectivity index (χ1v) is 10.8. The van der Waals surface area contributed by atoms with Crippen LogP contribution in [0.5, 0.6) is 0 Å². The van der Waals surface area contributed by atoms with Crippen molar-refractivity contribution >= 4 is 40.7 Å². The lowest BCUT2D eigenvalue weighted by atomic mass is 9.79. The molecule has 2 aromatic rings. The van der Waals surface area contributed by atoms with Gasteiger partial charge in [0.25, 0.3) is 0 Å². The van der Waals surface area contributed by atoms with Crippen molar-refractivity contribution in [3.05, 3.63) is 33.5 Å². The molecule has 1 aromatic carbocycles. The molecule has 0 bridgehead atoms. The van der Waals surface area contributed by atoms with E-state index < -0.39 is 5.92 Å². The summed E-state index contributed by atoms with van der Waals surface area (Å²) in [5, 5.41) is 5.31. The van der Waals surface area contributed by atoms with E-state index in [0.717, 1.165) is 38.6 Å². The summed E-state index contributed by atoms with van der Waals surface area (Å²) in [5.41, 5.74) is 4.84. The predicted molar refractivity (Wildman–Crippen MR) is 109 cm³/mol. The monoisotopic (exact) mass is 416 g/mol. The smallest absolute Gasteiger partial charge is 0.181 e. The Bertz CT molecular complexity index is 1030. The quantitative estimate of drug-likeness (QED) is 0.541. The molecule has 0 saturated heterocycles. The van der Waals surface area contributed by atoms with Crippen LogP contribution >= 0.6 is 23.4 Å². The minimum absolute atomic E-state index is 0.260. The molecule has 0 radical (unpaired) electrons. The van der Waals surface area contributed by atoms with Gasteiger partial charge in [0.15, 0.2) is 17.3 Å². The van der Waals surface area contributed by atoms with E-state index in [-0.39, 0.29) is 17.3 Å². The Kier molecular flexibility index (Phi) is 4.96. The summed E-state index contributed by atoms with van der Waals surface area (Å²) in [6, 6.07) is 1.82. The van der Waals surface area contributed by atoms with Gasteiger partial charge in [-0.25, -0.2) is 0 Å². The molecule has 1 aromatic heterocycles. The summed E-state index contributed by atoms with van der Waals surface area (Å²) in [4.78, 5) is 38.9. The van der Waals surface area contributed by atoms with Crippen LogP contribution < -0.4 is 0 Å². The maximum absolute atomic E-state index is 13.2. The van der Waals surface area contributed by atoms with Gasteiger partial charge >= 0.3 is 0 Å². The summed E-state index contributed by atoms with van der Waals surface area (Å²) in [6.45, 7) is 6.47. The molecular formula is C21H21ClN2O3S. The molecule has 1 aliphatic carbocycles. The first-order chi connectivity index (χ1) is 13.3. The van der Waals surface area contributed by atoms with E-state index >= 15 is 0 Å². The Hall–Kier alpha value is -1.92. The van der Waals surface area contributed by atoms with Crippen molar-refractivity contribution in [1.29, 1.82) is 0 Å². The lowest BCUT2D eigenvalue weighted by molar-refractivity contribution is -0.133. The molecule has 0 unspecified atom stereocenters. The molecule has 0 spiro atoms. The van der Waals surface area contributed by atoms with Crippen LogP contribution in [0.1, 0.15) is 53.2 Å². The highest BCUT2D eigenvalue weighted by molar-refractivity contribution is 7.98. The third-order valence-corrected chi connectivity index (χ3v) is 7.29. The van der Waals surface area contributed by atoms with Crippen LogP contribution in [0.3, 0.4) is 0 Å². The van der Waals surface area contributed by atoms with Crippen molar-refractivity contribution < 1.29 is 14.4 Å². The van der Waals surface area contributed by atoms with Crippen molar-refractivity contribution in [3.8, 4) is 11.3 Å². The molecule has 1 fully saturated rings. The third-order valence-electron chi connectivity index (χ3n) is 5.62. The molecule has 2 heterocycles. The number of fused-ring (bicyclic) bond motifs is 3. The van der Waals surface area contributed by atoms with E-state index in [1.54, 1.807) is 16.4 Å². The molecule has 1 saturated carbocycles. The van der Waals surface area contributed by atoms with Crippen LogP contribution in [0.25, 0.3) is 11.3 Å². The van der Waals surface area contributed by atoms with Crippen molar-refractivity contribution in [2.45, 2.75) is 57.2 Å². The highest BCUT2D eigenvalue weighted by Crippen LogP contribution is 2.47. The van der Waals surface area contributed by atoms with Gasteiger partial charge in [-0.15, -0.1) is 11.8 Å². The lowest BCUT2D eigenvalue weighted by Crippen LogP contribution is -2.35. The highest BCUT2D eigenvalue weighted by atomic mass is 35.5. The summed E-state index contributed by atoms with van der Waals surface area (Å²) in [6.07, 6.45) is 1.12. The van der Waals surface area contributed by atoms with Crippen LogP contribution in [-0.2, 0) is 21.9 Å². The first kappa shape index (κ1) is 19.4. The molecule has 7 heteroatoms. The fourth-order valence-corrected chi connectivity index (χ4v) is 5.77. The van der Waals surface area contributed by atoms with Crippen LogP contribution in [0.15, 0.2) is 11.0 Å². The second-order valence-corrected chi connectivity index (χ2v) is 8.72. The Morgan fingerprint density at radius 3 is 2.61 bits per heavy atom. The van der Waals surface area contributed by atoms with Crippen LogP contribution in [0.2, 0.25) is 5.15 Å². The number of halogens is 1. The van der Waals surface area contributed by atoms with Gasteiger partial charge in [-0.05, 0) is 44.4 Å². The number of hydrogen-bond donors (Lipinski definition) is 0. The number of ketones is 3. The summed E-state index contributed by atoms with van der Waals surface area (Å²) < 4.78 is 1.76. The number of nitrogens with zero attached hydrogens (tertiary/aromatic N) is 2. The minimum Gasteiger partial charge on any atom is -0.298 e. The molecular weight excluding hydrogens is 396 g/mol. The van der Waals surface area contributed by atoms with Gasteiger partial charge in [0.1, 0.15) is 11.1 Å². The van der Waals surface area contributed by atoms with Gasteiger partial charge in [-0.3, -0.25) is 19.1 Å². The second kappa shape index (κ2) is 7.16. The molecule has 0 amide bonds. The fourth-order valence-electron chi connectivity index (χ4n) is 4.13. The molecule has 2 aliphatic rings. The Labute approximate surface area is 172 Å². The van der Waals surface area contributed by atoms with E-state index in [1.165, 1.54) is 0 Å². The standard InChI is InChI=1S/C21H21ClN2O3S/c1-4-24-21(22)13-9-28-20-10(2)8-12(11(3)16(20)18(13)23-24)19(27)17-14(25)6-5-7-15(17)26/h8,17H,4-7,9H2,1-3H3. The van der Waals surface area contributed by atoms with Gasteiger partial charge < -0.3 is 0 Å². The summed E-state index contributed by atoms with van der Waals surface area (Å²) in [7, 11) is 0. The number of Topliss-reactive ketones (excluding diaryl/α,β-unsaturated/α-hetero) is 3. The van der Waals surface area contributed by atoms with Gasteiger partial charge in [0.05, 0.1) is 5.69 Å². The number of carbonyl (C=O) groups is 3. The topological polar surface area (TPSA) is 69.0 Å². The molecule has 5 nitrogen and oxygen atoms in total. The van der Waals surface area contributed by atoms with Crippen molar-refractivity contribution in [3.63, 3.8) is 0 Å². The number of aromatic nitrogens is 2. The number of rotatable bonds is 3. The highest BCUT2D eigenvalue weighted by Gasteiger charge is 2.38. The van der Waals surface area contributed by atoms with Gasteiger partial charge in [-0.2, -0.15) is 5.10 Å². The summed E-state index contributed by atoms with van der Waals surface area (Å²) in [5.74, 6) is -1.32. The number of hydrogen-bond acceptors (Lipinski definition) is 5. The summed E-state index contributed by atoms with van der Waals surface area (Å²) >= 11 is 8.18. The zero-order chi connectivity index (χ0) is 20.2. The van der Waals surface area contributed by atoms with E-state index in [4.69, 9.17) is 11.6 Å². The van der Waals surface area contributed by atoms with Gasteiger partial charge in [0, 0.05) is 46.7 Å². The Balaban J connectivity index is 1.88. The van der Waals surface area contributed by atoms with Crippen LogP contribution in [0, 0.1) is 19.8 Å². The minimum atomic E-state index is -1.16. The first-order valence-electron chi connectivity index (χ1n) is 9.47. The molecule has 1 aliphatic heterocycles. The van der Waals surface area contributed by atoms with Gasteiger partial charge in [0.2, 0.25) is 0 Å². The van der Waals surface area contributed by atoms with E-state index in [0.29, 0.717) is 36.5 Å². The number of carbonyl (C=O) groups excluding carboxylic acids is 3. The Morgan fingerprint density at radius 1 is 1.29 bits per heavy atom. The zero-order valence-corrected chi connectivity index (χ0v) is 17.7. The number of aryl methyl sites for hydroxylation is 2. The number of thioether (sulfide) groups is 1. The molecule has 0 atom stereocenters. The molecule has 146 valence electrons. The maximum Gasteiger partial charge on any atom is 0.181 e. The predicted octanol–water partition coefficient (Wildman–Crippen LogP) is 4.57. The average Bonchev–Trinajstić information content (AvgIpc) is 3.00. The molecule has 0 N–H and O–H groups in total. The van der Waals surface area contributed by atoms with Crippen LogP contribution in [-0.4, -0.2) is 27.1 Å². The maximum atomic E-state index is 13.2. The lowest BCUT2D eigenvalue weighted by Gasteiger charge is -2.24. The third kappa shape index (κ3) is 2.85. The number of benzene rings is 1. The van der Waals surface area contributed by atoms with E-state index in [1.807, 2.05) is 26.8 Å². The van der Waals surface area contributed by atoms with Crippen molar-refractivity contribution in [1.82, 2.24) is 9.78 Å². The zero-order valence-electron chi connectivity index (χ0n) is 16.1. The van der Waals surface area contributed by atoms with Crippen molar-refractivity contribution in [2.75, 3.05) is 0 Å². The van der Waals surface area contributed by atoms with Crippen LogP contribution in [0.4, 0.5) is 0 Å².